The van der Waals surface area contributed by atoms with Gasteiger partial charge in [0.1, 0.15) is 0 Å². The summed E-state index contributed by atoms with van der Waals surface area (Å²) in [7, 11) is -3.13. The van der Waals surface area contributed by atoms with E-state index in [1.54, 1.807) is 0 Å². The molecule has 2 saturated heterocycles. The molecule has 7 heteroatoms. The van der Waals surface area contributed by atoms with Gasteiger partial charge in [-0.05, 0) is 43.6 Å². The molecule has 0 spiro atoms. The molecule has 0 saturated carbocycles. The number of carbonyl (C=O) groups excluding carboxylic acids is 1. The number of halogens is 1. The van der Waals surface area contributed by atoms with Crippen LogP contribution < -0.4 is 10.6 Å². The molecule has 0 radical (unpaired) electrons. The maximum atomic E-state index is 12.1. The summed E-state index contributed by atoms with van der Waals surface area (Å²) in [5, 5.41) is 6.48. The SMILES string of the molecule is Cl.O=C(CC1CC2CCC(C1)N2)NCCCS(=O)(=O)Cc1ccccc1. The molecule has 2 bridgehead atoms. The van der Waals surface area contributed by atoms with Crippen molar-refractivity contribution in [1.82, 2.24) is 10.6 Å². The third kappa shape index (κ3) is 6.56. The molecule has 2 unspecified atom stereocenters. The Kier molecular flexibility index (Phi) is 7.92. The fourth-order valence-electron chi connectivity index (χ4n) is 4.10. The van der Waals surface area contributed by atoms with Gasteiger partial charge in [0, 0.05) is 25.0 Å². The normalized spacial score (nSPS) is 24.7. The lowest BCUT2D eigenvalue weighted by Gasteiger charge is -2.28. The van der Waals surface area contributed by atoms with Crippen LogP contribution in [0.2, 0.25) is 0 Å². The zero-order chi connectivity index (χ0) is 17.7. The van der Waals surface area contributed by atoms with Gasteiger partial charge in [0.2, 0.25) is 5.91 Å². The summed E-state index contributed by atoms with van der Waals surface area (Å²) in [6.07, 6.45) is 5.71. The topological polar surface area (TPSA) is 75.3 Å². The highest BCUT2D eigenvalue weighted by Crippen LogP contribution is 2.32. The van der Waals surface area contributed by atoms with Crippen LogP contribution in [0.4, 0.5) is 0 Å². The van der Waals surface area contributed by atoms with Crippen molar-refractivity contribution in [2.45, 2.75) is 56.4 Å². The maximum Gasteiger partial charge on any atom is 0.220 e. The molecule has 146 valence electrons. The van der Waals surface area contributed by atoms with Crippen LogP contribution in [-0.4, -0.2) is 38.7 Å². The number of piperidine rings is 1. The lowest BCUT2D eigenvalue weighted by atomic mass is 9.89. The molecule has 26 heavy (non-hydrogen) atoms. The summed E-state index contributed by atoms with van der Waals surface area (Å²) in [4.78, 5) is 12.1. The molecule has 1 aromatic carbocycles. The molecule has 2 aliphatic rings. The number of amides is 1. The standard InChI is InChI=1S/C19H28N2O3S.ClH/c22-19(13-16-11-17-7-8-18(12-16)21-17)20-9-4-10-25(23,24)14-15-5-2-1-3-6-15;/h1-3,5-6,16-18,21H,4,7-14H2,(H,20,22);1H. The Balaban J connectivity index is 0.00000243. The summed E-state index contributed by atoms with van der Waals surface area (Å²) in [5.41, 5.74) is 0.812. The number of sulfone groups is 1. The van der Waals surface area contributed by atoms with Crippen LogP contribution in [0, 0.1) is 5.92 Å². The molecule has 2 atom stereocenters. The van der Waals surface area contributed by atoms with Crippen LogP contribution >= 0.6 is 12.4 Å². The van der Waals surface area contributed by atoms with Gasteiger partial charge < -0.3 is 10.6 Å². The van der Waals surface area contributed by atoms with Crippen LogP contribution in [0.15, 0.2) is 30.3 Å². The Bertz CT molecular complexity index is 669. The predicted molar refractivity (Wildman–Crippen MR) is 106 cm³/mol. The highest BCUT2D eigenvalue weighted by atomic mass is 35.5. The summed E-state index contributed by atoms with van der Waals surface area (Å²) in [5.74, 6) is 0.714. The Hall–Kier alpha value is -1.11. The molecule has 2 aliphatic heterocycles. The van der Waals surface area contributed by atoms with Crippen molar-refractivity contribution < 1.29 is 13.2 Å². The zero-order valence-electron chi connectivity index (χ0n) is 15.0. The van der Waals surface area contributed by atoms with Gasteiger partial charge in [-0.25, -0.2) is 8.42 Å². The van der Waals surface area contributed by atoms with E-state index in [4.69, 9.17) is 0 Å². The van der Waals surface area contributed by atoms with Crippen LogP contribution in [0.5, 0.6) is 0 Å². The third-order valence-electron chi connectivity index (χ3n) is 5.23. The van der Waals surface area contributed by atoms with Gasteiger partial charge in [-0.3, -0.25) is 4.79 Å². The van der Waals surface area contributed by atoms with E-state index in [0.29, 0.717) is 37.4 Å². The largest absolute Gasteiger partial charge is 0.356 e. The van der Waals surface area contributed by atoms with Gasteiger partial charge in [0.25, 0.3) is 0 Å². The number of carbonyl (C=O) groups is 1. The van der Waals surface area contributed by atoms with Crippen LogP contribution in [0.3, 0.4) is 0 Å². The van der Waals surface area contributed by atoms with E-state index in [1.807, 2.05) is 30.3 Å². The predicted octanol–water partition coefficient (Wildman–Crippen LogP) is 2.45. The van der Waals surface area contributed by atoms with Crippen molar-refractivity contribution >= 4 is 28.2 Å². The number of hydrogen-bond donors (Lipinski definition) is 2. The van der Waals surface area contributed by atoms with Gasteiger partial charge in [0.05, 0.1) is 11.5 Å². The first-order chi connectivity index (χ1) is 12.0. The molecule has 5 nitrogen and oxygen atoms in total. The first-order valence-electron chi connectivity index (χ1n) is 9.27. The van der Waals surface area contributed by atoms with Crippen molar-refractivity contribution in [1.29, 1.82) is 0 Å². The second-order valence-corrected chi connectivity index (χ2v) is 9.64. The van der Waals surface area contributed by atoms with Crippen molar-refractivity contribution in [3.05, 3.63) is 35.9 Å². The number of benzene rings is 1. The second kappa shape index (κ2) is 9.72. The first kappa shape index (κ1) is 21.2. The molecular formula is C19H29ClN2O3S. The fourth-order valence-corrected chi connectivity index (χ4v) is 5.53. The van der Waals surface area contributed by atoms with Crippen LogP contribution in [0.25, 0.3) is 0 Å². The van der Waals surface area contributed by atoms with E-state index < -0.39 is 9.84 Å². The minimum absolute atomic E-state index is 0. The Labute approximate surface area is 162 Å². The van der Waals surface area contributed by atoms with E-state index in [0.717, 1.165) is 18.4 Å². The molecule has 2 N–H and O–H groups in total. The molecule has 1 amide bonds. The Morgan fingerprint density at radius 2 is 1.77 bits per heavy atom. The fraction of sp³-hybridized carbons (Fsp3) is 0.632. The van der Waals surface area contributed by atoms with Crippen molar-refractivity contribution in [2.75, 3.05) is 12.3 Å². The van der Waals surface area contributed by atoms with Crippen molar-refractivity contribution in [3.8, 4) is 0 Å². The van der Waals surface area contributed by atoms with E-state index in [2.05, 4.69) is 10.6 Å². The average molecular weight is 401 g/mol. The zero-order valence-corrected chi connectivity index (χ0v) is 16.7. The number of hydrogen-bond acceptors (Lipinski definition) is 4. The minimum atomic E-state index is -3.13. The summed E-state index contributed by atoms with van der Waals surface area (Å²) < 4.78 is 24.2. The summed E-state index contributed by atoms with van der Waals surface area (Å²) in [6.45, 7) is 0.435. The van der Waals surface area contributed by atoms with E-state index in [1.165, 1.54) is 12.8 Å². The second-order valence-electron chi connectivity index (χ2n) is 7.46. The smallest absolute Gasteiger partial charge is 0.220 e. The van der Waals surface area contributed by atoms with Gasteiger partial charge in [-0.2, -0.15) is 0 Å². The monoisotopic (exact) mass is 400 g/mol. The van der Waals surface area contributed by atoms with Gasteiger partial charge >= 0.3 is 0 Å². The average Bonchev–Trinajstić information content (AvgIpc) is 2.91. The van der Waals surface area contributed by atoms with Gasteiger partial charge in [-0.15, -0.1) is 12.4 Å². The molecule has 0 aromatic heterocycles. The van der Waals surface area contributed by atoms with Gasteiger partial charge in [-0.1, -0.05) is 30.3 Å². The minimum Gasteiger partial charge on any atom is -0.356 e. The van der Waals surface area contributed by atoms with Crippen molar-refractivity contribution in [3.63, 3.8) is 0 Å². The number of rotatable bonds is 8. The molecule has 3 rings (SSSR count). The summed E-state index contributed by atoms with van der Waals surface area (Å²) in [6, 6.07) is 10.4. The first-order valence-corrected chi connectivity index (χ1v) is 11.1. The molecule has 2 heterocycles. The quantitative estimate of drug-likeness (QED) is 0.657. The molecule has 1 aromatic rings. The molecular weight excluding hydrogens is 372 g/mol. The number of fused-ring (bicyclic) bond motifs is 2. The third-order valence-corrected chi connectivity index (χ3v) is 6.91. The highest BCUT2D eigenvalue weighted by molar-refractivity contribution is 7.90. The van der Waals surface area contributed by atoms with Gasteiger partial charge in [0.15, 0.2) is 9.84 Å². The van der Waals surface area contributed by atoms with E-state index >= 15 is 0 Å². The lowest BCUT2D eigenvalue weighted by molar-refractivity contribution is -0.122. The van der Waals surface area contributed by atoms with E-state index in [-0.39, 0.29) is 29.8 Å². The lowest BCUT2D eigenvalue weighted by Crippen LogP contribution is -2.39. The Morgan fingerprint density at radius 3 is 2.42 bits per heavy atom. The molecule has 2 fully saturated rings. The maximum absolute atomic E-state index is 12.1. The molecule has 0 aliphatic carbocycles. The van der Waals surface area contributed by atoms with Crippen LogP contribution in [0.1, 0.15) is 44.1 Å². The highest BCUT2D eigenvalue weighted by Gasteiger charge is 2.34. The summed E-state index contributed by atoms with van der Waals surface area (Å²) >= 11 is 0. The Morgan fingerprint density at radius 1 is 1.12 bits per heavy atom. The van der Waals surface area contributed by atoms with Crippen molar-refractivity contribution in [2.24, 2.45) is 5.92 Å². The van der Waals surface area contributed by atoms with E-state index in [9.17, 15) is 13.2 Å². The van der Waals surface area contributed by atoms with Crippen LogP contribution in [-0.2, 0) is 20.4 Å². The number of nitrogens with one attached hydrogen (secondary N) is 2.